The first-order chi connectivity index (χ1) is 8.20. The normalized spacial score (nSPS) is 30.1. The van der Waals surface area contributed by atoms with E-state index in [1.807, 2.05) is 17.8 Å². The number of hydrogen-bond donors (Lipinski definition) is 2. The molecule has 90 valence electrons. The molecule has 0 saturated heterocycles. The quantitative estimate of drug-likeness (QED) is 0.465. The molecule has 1 unspecified atom stereocenters. The summed E-state index contributed by atoms with van der Waals surface area (Å²) in [6.07, 6.45) is 7.63. The van der Waals surface area contributed by atoms with Crippen molar-refractivity contribution >= 4 is 37.0 Å². The van der Waals surface area contributed by atoms with Gasteiger partial charge in [-0.05, 0) is 48.8 Å². The maximum atomic E-state index is 4.40. The predicted molar refractivity (Wildman–Crippen MR) is 80.5 cm³/mol. The second-order valence-corrected chi connectivity index (χ2v) is 7.16. The lowest BCUT2D eigenvalue weighted by Gasteiger charge is -2.17. The van der Waals surface area contributed by atoms with Gasteiger partial charge in [-0.25, -0.2) is 0 Å². The van der Waals surface area contributed by atoms with Crippen molar-refractivity contribution in [3.63, 3.8) is 0 Å². The summed E-state index contributed by atoms with van der Waals surface area (Å²) in [5, 5.41) is 0. The zero-order valence-electron chi connectivity index (χ0n) is 9.54. The maximum Gasteiger partial charge on any atom is 0.00941 e. The van der Waals surface area contributed by atoms with E-state index in [2.05, 4.69) is 49.5 Å². The van der Waals surface area contributed by atoms with Crippen molar-refractivity contribution in [3.8, 4) is 0 Å². The van der Waals surface area contributed by atoms with Crippen LogP contribution in [0.25, 0.3) is 0 Å². The Morgan fingerprint density at radius 3 is 2.41 bits per heavy atom. The number of benzene rings is 1. The van der Waals surface area contributed by atoms with Crippen molar-refractivity contribution in [1.82, 2.24) is 0 Å². The molecule has 0 nitrogen and oxygen atoms in total. The molecule has 0 aliphatic heterocycles. The molecule has 1 fully saturated rings. The fourth-order valence-electron chi connectivity index (χ4n) is 2.94. The van der Waals surface area contributed by atoms with E-state index in [1.54, 1.807) is 0 Å². The fourth-order valence-corrected chi connectivity index (χ4v) is 4.98. The van der Waals surface area contributed by atoms with E-state index in [-0.39, 0.29) is 0 Å². The maximum absolute atomic E-state index is 4.40. The number of allylic oxidation sites excluding steroid dienone is 2. The monoisotopic (exact) mass is 280 g/mol. The number of fused-ring (bicyclic) bond motifs is 2. The van der Waals surface area contributed by atoms with Gasteiger partial charge in [0.1, 0.15) is 0 Å². The molecule has 2 aliphatic carbocycles. The van der Waals surface area contributed by atoms with Crippen molar-refractivity contribution in [2.24, 2.45) is 17.8 Å². The number of thioether (sulfide) groups is 1. The Morgan fingerprint density at radius 1 is 1.06 bits per heavy atom. The molecule has 1 aromatic rings. The highest BCUT2D eigenvalue weighted by atomic mass is 32.2. The van der Waals surface area contributed by atoms with Gasteiger partial charge in [-0.1, -0.05) is 12.2 Å². The largest absolute Gasteiger partial charge is 0.143 e. The Balaban J connectivity index is 1.62. The first-order valence-electron chi connectivity index (χ1n) is 6.05. The van der Waals surface area contributed by atoms with Crippen LogP contribution in [0.15, 0.2) is 45.0 Å². The molecule has 3 heteroatoms. The molecule has 2 aliphatic rings. The molecule has 3 atom stereocenters. The Morgan fingerprint density at radius 2 is 1.82 bits per heavy atom. The second-order valence-electron chi connectivity index (χ2n) is 5.04. The zero-order chi connectivity index (χ0) is 11.8. The summed E-state index contributed by atoms with van der Waals surface area (Å²) in [7, 11) is 0. The van der Waals surface area contributed by atoms with Crippen molar-refractivity contribution < 1.29 is 0 Å². The van der Waals surface area contributed by atoms with Gasteiger partial charge in [0.25, 0.3) is 0 Å². The summed E-state index contributed by atoms with van der Waals surface area (Å²) in [4.78, 5) is 3.31. The molecule has 0 amide bonds. The van der Waals surface area contributed by atoms with Gasteiger partial charge in [0.15, 0.2) is 0 Å². The van der Waals surface area contributed by atoms with E-state index in [4.69, 9.17) is 0 Å². The first kappa shape index (κ1) is 12.1. The van der Waals surface area contributed by atoms with E-state index < -0.39 is 0 Å². The van der Waals surface area contributed by atoms with E-state index >= 15 is 0 Å². The van der Waals surface area contributed by atoms with Crippen LogP contribution in [-0.4, -0.2) is 5.75 Å². The van der Waals surface area contributed by atoms with Crippen molar-refractivity contribution in [3.05, 3.63) is 30.4 Å². The number of thiol groups is 2. The molecular weight excluding hydrogens is 264 g/mol. The van der Waals surface area contributed by atoms with Gasteiger partial charge >= 0.3 is 0 Å². The number of hydrogen-bond acceptors (Lipinski definition) is 3. The Bertz CT molecular complexity index is 433. The molecule has 0 heterocycles. The summed E-state index contributed by atoms with van der Waals surface area (Å²) in [5.41, 5.74) is 0. The highest BCUT2D eigenvalue weighted by molar-refractivity contribution is 7.99. The van der Waals surface area contributed by atoms with Gasteiger partial charge in [-0.15, -0.1) is 37.0 Å². The summed E-state index contributed by atoms with van der Waals surface area (Å²) >= 11 is 10.7. The molecule has 0 radical (unpaired) electrons. The van der Waals surface area contributed by atoms with Crippen molar-refractivity contribution in [2.75, 3.05) is 5.75 Å². The van der Waals surface area contributed by atoms with Crippen molar-refractivity contribution in [2.45, 2.75) is 27.5 Å². The van der Waals surface area contributed by atoms with Gasteiger partial charge in [0.2, 0.25) is 0 Å². The van der Waals surface area contributed by atoms with Crippen LogP contribution in [0.4, 0.5) is 0 Å². The average molecular weight is 280 g/mol. The molecular formula is C14H16S3. The summed E-state index contributed by atoms with van der Waals surface area (Å²) < 4.78 is 0. The van der Waals surface area contributed by atoms with Gasteiger partial charge in [0.05, 0.1) is 0 Å². The lowest BCUT2D eigenvalue weighted by atomic mass is 9.96. The van der Waals surface area contributed by atoms with Gasteiger partial charge in [0, 0.05) is 20.4 Å². The Labute approximate surface area is 118 Å². The third-order valence-electron chi connectivity index (χ3n) is 3.76. The summed E-state index contributed by atoms with van der Waals surface area (Å²) in [6.45, 7) is 0. The lowest BCUT2D eigenvalue weighted by molar-refractivity contribution is 0.502. The van der Waals surface area contributed by atoms with E-state index in [0.29, 0.717) is 0 Å². The molecule has 0 N–H and O–H groups in total. The minimum Gasteiger partial charge on any atom is -0.143 e. The van der Waals surface area contributed by atoms with Gasteiger partial charge in [-0.3, -0.25) is 0 Å². The SMILES string of the molecule is Sc1cc(S)cc(SCC2C[C@@H]3C=C[C@H]2C3)c1. The molecule has 17 heavy (non-hydrogen) atoms. The van der Waals surface area contributed by atoms with E-state index in [0.717, 1.165) is 27.5 Å². The van der Waals surface area contributed by atoms with Crippen LogP contribution in [0, 0.1) is 17.8 Å². The lowest BCUT2D eigenvalue weighted by Crippen LogP contribution is -2.09. The standard InChI is InChI=1S/C14H16S3/c15-12-5-13(16)7-14(6-12)17-8-11-4-9-1-2-10(11)3-9/h1-2,5-7,9-11,15-16H,3-4,8H2/t9-,10+,11?/m1/s1. The minimum absolute atomic E-state index is 0.849. The molecule has 0 aromatic heterocycles. The molecule has 0 spiro atoms. The van der Waals surface area contributed by atoms with Crippen LogP contribution in [-0.2, 0) is 0 Å². The topological polar surface area (TPSA) is 0 Å². The first-order valence-corrected chi connectivity index (χ1v) is 7.93. The van der Waals surface area contributed by atoms with Gasteiger partial charge in [-0.2, -0.15) is 0 Å². The average Bonchev–Trinajstić information content (AvgIpc) is 2.86. The van der Waals surface area contributed by atoms with Crippen LogP contribution in [0.2, 0.25) is 0 Å². The Hall–Kier alpha value is 0.01000. The third kappa shape index (κ3) is 2.72. The predicted octanol–water partition coefficient (Wildman–Crippen LogP) is 4.57. The van der Waals surface area contributed by atoms with Crippen LogP contribution in [0.1, 0.15) is 12.8 Å². The molecule has 2 bridgehead atoms. The molecule has 1 aromatic carbocycles. The van der Waals surface area contributed by atoms with Crippen LogP contribution in [0.5, 0.6) is 0 Å². The van der Waals surface area contributed by atoms with E-state index in [1.165, 1.54) is 23.5 Å². The number of rotatable bonds is 3. The fraction of sp³-hybridized carbons (Fsp3) is 0.429. The minimum atomic E-state index is 0.849. The molecule has 3 rings (SSSR count). The summed E-state index contributed by atoms with van der Waals surface area (Å²) in [5.74, 6) is 3.84. The third-order valence-corrected chi connectivity index (χ3v) is 5.44. The molecule has 1 saturated carbocycles. The van der Waals surface area contributed by atoms with Crippen LogP contribution >= 0.6 is 37.0 Å². The summed E-state index contributed by atoms with van der Waals surface area (Å²) in [6, 6.07) is 6.25. The van der Waals surface area contributed by atoms with Crippen LogP contribution in [0.3, 0.4) is 0 Å². The second kappa shape index (κ2) is 4.94. The van der Waals surface area contributed by atoms with E-state index in [9.17, 15) is 0 Å². The highest BCUT2D eigenvalue weighted by Crippen LogP contribution is 2.45. The highest BCUT2D eigenvalue weighted by Gasteiger charge is 2.35. The van der Waals surface area contributed by atoms with Crippen molar-refractivity contribution in [1.29, 1.82) is 0 Å². The van der Waals surface area contributed by atoms with Gasteiger partial charge < -0.3 is 0 Å². The zero-order valence-corrected chi connectivity index (χ0v) is 12.1. The Kier molecular flexibility index (Phi) is 3.51. The van der Waals surface area contributed by atoms with Crippen LogP contribution < -0.4 is 0 Å². The smallest absolute Gasteiger partial charge is 0.00941 e.